The Hall–Kier alpha value is -1.03. The second-order valence-corrected chi connectivity index (χ2v) is 2.82. The summed E-state index contributed by atoms with van der Waals surface area (Å²) in [5.74, 6) is 0. The van der Waals surface area contributed by atoms with Crippen LogP contribution >= 0.6 is 0 Å². The molecular weight excluding hydrogens is 170 g/mol. The van der Waals surface area contributed by atoms with Crippen molar-refractivity contribution in [1.29, 1.82) is 0 Å². The van der Waals surface area contributed by atoms with Crippen LogP contribution in [-0.2, 0) is 6.61 Å². The number of oxazole rings is 1. The molecule has 0 saturated heterocycles. The van der Waals surface area contributed by atoms with Crippen LogP contribution in [0.5, 0.6) is 6.08 Å². The molecule has 1 heterocycles. The first-order valence-corrected chi connectivity index (χ1v) is 4.55. The highest BCUT2D eigenvalue weighted by molar-refractivity contribution is 4.97. The van der Waals surface area contributed by atoms with Crippen LogP contribution in [0, 0.1) is 0 Å². The average Bonchev–Trinajstić information content (AvgIpc) is 2.60. The zero-order valence-corrected chi connectivity index (χ0v) is 7.82. The molecule has 0 amide bonds. The number of unbranched alkanes of at least 4 members (excludes halogenated alkanes) is 2. The average molecular weight is 185 g/mol. The molecular formula is C9H15NO3. The highest BCUT2D eigenvalue weighted by atomic mass is 16.6. The maximum Gasteiger partial charge on any atom is 0.393 e. The largest absolute Gasteiger partial charge is 0.450 e. The molecule has 13 heavy (non-hydrogen) atoms. The number of ether oxygens (including phenoxy) is 1. The Morgan fingerprint density at radius 1 is 1.54 bits per heavy atom. The molecule has 0 aromatic carbocycles. The van der Waals surface area contributed by atoms with Crippen molar-refractivity contribution in [1.82, 2.24) is 4.98 Å². The van der Waals surface area contributed by atoms with E-state index in [1.807, 2.05) is 0 Å². The first-order chi connectivity index (χ1) is 6.36. The Bertz CT molecular complexity index is 235. The number of nitrogens with zero attached hydrogens (tertiary/aromatic N) is 1. The molecule has 1 N–H and O–H groups in total. The van der Waals surface area contributed by atoms with Crippen LogP contribution in [0.15, 0.2) is 10.7 Å². The van der Waals surface area contributed by atoms with Gasteiger partial charge in [0.25, 0.3) is 0 Å². The third kappa shape index (κ3) is 3.46. The summed E-state index contributed by atoms with van der Waals surface area (Å²) in [6, 6.07) is 0. The van der Waals surface area contributed by atoms with Gasteiger partial charge >= 0.3 is 6.08 Å². The fraction of sp³-hybridized carbons (Fsp3) is 0.667. The monoisotopic (exact) mass is 185 g/mol. The Labute approximate surface area is 77.5 Å². The Morgan fingerprint density at radius 3 is 3.00 bits per heavy atom. The van der Waals surface area contributed by atoms with Gasteiger partial charge in [0, 0.05) is 0 Å². The van der Waals surface area contributed by atoms with Crippen LogP contribution < -0.4 is 4.74 Å². The van der Waals surface area contributed by atoms with Crippen LogP contribution in [0.1, 0.15) is 31.9 Å². The van der Waals surface area contributed by atoms with Gasteiger partial charge in [-0.05, 0) is 6.42 Å². The van der Waals surface area contributed by atoms with E-state index in [2.05, 4.69) is 11.9 Å². The quantitative estimate of drug-likeness (QED) is 0.686. The summed E-state index contributed by atoms with van der Waals surface area (Å²) in [6.07, 6.45) is 4.97. The SMILES string of the molecule is CCCCCOc1nc(CO)co1. The van der Waals surface area contributed by atoms with Crippen molar-refractivity contribution in [3.05, 3.63) is 12.0 Å². The molecule has 1 rings (SSSR count). The van der Waals surface area contributed by atoms with Crippen LogP contribution in [0.25, 0.3) is 0 Å². The smallest absolute Gasteiger partial charge is 0.393 e. The molecule has 1 aromatic heterocycles. The van der Waals surface area contributed by atoms with Crippen molar-refractivity contribution >= 4 is 0 Å². The van der Waals surface area contributed by atoms with E-state index < -0.39 is 0 Å². The Kier molecular flexibility index (Phi) is 4.32. The van der Waals surface area contributed by atoms with Gasteiger partial charge in [0.05, 0.1) is 13.2 Å². The van der Waals surface area contributed by atoms with Crippen LogP contribution in [0.2, 0.25) is 0 Å². The number of aliphatic hydroxyl groups excluding tert-OH is 1. The Morgan fingerprint density at radius 2 is 2.38 bits per heavy atom. The predicted molar refractivity (Wildman–Crippen MR) is 47.4 cm³/mol. The maximum atomic E-state index is 8.68. The molecule has 0 radical (unpaired) electrons. The first kappa shape index (κ1) is 10.1. The molecule has 0 spiro atoms. The van der Waals surface area contributed by atoms with E-state index in [1.165, 1.54) is 6.26 Å². The molecule has 4 nitrogen and oxygen atoms in total. The lowest BCUT2D eigenvalue weighted by molar-refractivity contribution is 0.224. The van der Waals surface area contributed by atoms with E-state index in [1.54, 1.807) is 0 Å². The maximum absolute atomic E-state index is 8.68. The number of aromatic nitrogens is 1. The summed E-state index contributed by atoms with van der Waals surface area (Å²) < 4.78 is 10.1. The fourth-order valence-corrected chi connectivity index (χ4v) is 0.939. The predicted octanol–water partition coefficient (Wildman–Crippen LogP) is 1.74. The summed E-state index contributed by atoms with van der Waals surface area (Å²) >= 11 is 0. The second kappa shape index (κ2) is 5.59. The first-order valence-electron chi connectivity index (χ1n) is 4.55. The van der Waals surface area contributed by atoms with Gasteiger partial charge in [-0.2, -0.15) is 4.98 Å². The topological polar surface area (TPSA) is 55.5 Å². The highest BCUT2D eigenvalue weighted by Crippen LogP contribution is 2.10. The zero-order valence-electron chi connectivity index (χ0n) is 7.82. The minimum absolute atomic E-state index is 0.109. The third-order valence-electron chi connectivity index (χ3n) is 1.67. The lowest BCUT2D eigenvalue weighted by Gasteiger charge is -1.98. The lowest BCUT2D eigenvalue weighted by atomic mass is 10.3. The van der Waals surface area contributed by atoms with Gasteiger partial charge in [-0.15, -0.1) is 0 Å². The van der Waals surface area contributed by atoms with Crippen molar-refractivity contribution in [3.8, 4) is 6.08 Å². The van der Waals surface area contributed by atoms with Gasteiger partial charge in [0.2, 0.25) is 0 Å². The minimum atomic E-state index is -0.109. The van der Waals surface area contributed by atoms with E-state index in [4.69, 9.17) is 14.3 Å². The summed E-state index contributed by atoms with van der Waals surface area (Å²) in [7, 11) is 0. The number of rotatable bonds is 6. The molecule has 0 aliphatic rings. The summed E-state index contributed by atoms with van der Waals surface area (Å²) in [4.78, 5) is 3.89. The number of hydrogen-bond acceptors (Lipinski definition) is 4. The van der Waals surface area contributed by atoms with Crippen molar-refractivity contribution in [3.63, 3.8) is 0 Å². The van der Waals surface area contributed by atoms with Crippen molar-refractivity contribution in [2.24, 2.45) is 0 Å². The van der Waals surface area contributed by atoms with Gasteiger partial charge in [-0.3, -0.25) is 0 Å². The van der Waals surface area contributed by atoms with E-state index in [0.717, 1.165) is 19.3 Å². The van der Waals surface area contributed by atoms with Gasteiger partial charge in [-0.1, -0.05) is 19.8 Å². The van der Waals surface area contributed by atoms with E-state index >= 15 is 0 Å². The lowest BCUT2D eigenvalue weighted by Crippen LogP contribution is -1.97. The summed E-state index contributed by atoms with van der Waals surface area (Å²) in [5, 5.41) is 8.68. The molecule has 0 fully saturated rings. The molecule has 4 heteroatoms. The number of aliphatic hydroxyl groups is 1. The molecule has 0 atom stereocenters. The Balaban J connectivity index is 2.20. The minimum Gasteiger partial charge on any atom is -0.450 e. The highest BCUT2D eigenvalue weighted by Gasteiger charge is 2.02. The van der Waals surface area contributed by atoms with Gasteiger partial charge in [0.1, 0.15) is 12.0 Å². The summed E-state index contributed by atoms with van der Waals surface area (Å²) in [6.45, 7) is 2.65. The van der Waals surface area contributed by atoms with Gasteiger partial charge in [0.15, 0.2) is 0 Å². The molecule has 1 aromatic rings. The molecule has 0 unspecified atom stereocenters. The van der Waals surface area contributed by atoms with Gasteiger partial charge in [-0.25, -0.2) is 0 Å². The van der Waals surface area contributed by atoms with Crippen molar-refractivity contribution in [2.45, 2.75) is 32.8 Å². The molecule has 0 aliphatic heterocycles. The summed E-state index contributed by atoms with van der Waals surface area (Å²) in [5.41, 5.74) is 0.505. The zero-order chi connectivity index (χ0) is 9.52. The fourth-order valence-electron chi connectivity index (χ4n) is 0.939. The van der Waals surface area contributed by atoms with E-state index in [0.29, 0.717) is 12.3 Å². The molecule has 74 valence electrons. The van der Waals surface area contributed by atoms with Gasteiger partial charge < -0.3 is 14.3 Å². The third-order valence-corrected chi connectivity index (χ3v) is 1.67. The van der Waals surface area contributed by atoms with E-state index in [-0.39, 0.29) is 12.7 Å². The van der Waals surface area contributed by atoms with E-state index in [9.17, 15) is 0 Å². The van der Waals surface area contributed by atoms with Crippen LogP contribution in [0.3, 0.4) is 0 Å². The molecule has 0 aliphatic carbocycles. The van der Waals surface area contributed by atoms with Crippen molar-refractivity contribution < 1.29 is 14.3 Å². The van der Waals surface area contributed by atoms with Crippen LogP contribution in [0.4, 0.5) is 0 Å². The van der Waals surface area contributed by atoms with Crippen molar-refractivity contribution in [2.75, 3.05) is 6.61 Å². The number of hydrogen-bond donors (Lipinski definition) is 1. The standard InChI is InChI=1S/C9H15NO3/c1-2-3-4-5-12-9-10-8(6-11)7-13-9/h7,11H,2-6H2,1H3. The molecule has 0 bridgehead atoms. The van der Waals surface area contributed by atoms with Crippen LogP contribution in [-0.4, -0.2) is 16.7 Å². The molecule has 0 saturated carbocycles. The second-order valence-electron chi connectivity index (χ2n) is 2.82. The normalized spacial score (nSPS) is 10.3.